The lowest BCUT2D eigenvalue weighted by atomic mass is 9.88. The molecule has 28 heavy (non-hydrogen) atoms. The summed E-state index contributed by atoms with van der Waals surface area (Å²) < 4.78 is 0. The molecule has 2 atom stereocenters. The van der Waals surface area contributed by atoms with Crippen molar-refractivity contribution in [2.45, 2.75) is 50.4 Å². The van der Waals surface area contributed by atoms with Crippen LogP contribution in [0.5, 0.6) is 0 Å². The lowest BCUT2D eigenvalue weighted by Gasteiger charge is -2.35. The van der Waals surface area contributed by atoms with Gasteiger partial charge in [0.15, 0.2) is 0 Å². The van der Waals surface area contributed by atoms with Crippen molar-refractivity contribution in [1.29, 1.82) is 0 Å². The summed E-state index contributed by atoms with van der Waals surface area (Å²) >= 11 is 1.79. The first-order valence-electron chi connectivity index (χ1n) is 10.4. The molecule has 2 aliphatic rings. The number of aryl methyl sites for hydroxylation is 1. The van der Waals surface area contributed by atoms with E-state index in [9.17, 15) is 9.59 Å². The molecule has 0 aromatic heterocycles. The van der Waals surface area contributed by atoms with Crippen LogP contribution in [0.4, 0.5) is 0 Å². The summed E-state index contributed by atoms with van der Waals surface area (Å²) in [5.74, 6) is 1.15. The van der Waals surface area contributed by atoms with E-state index in [-0.39, 0.29) is 23.2 Å². The van der Waals surface area contributed by atoms with Gasteiger partial charge in [0.25, 0.3) is 5.91 Å². The average molecular weight is 404 g/mol. The third kappa shape index (κ3) is 5.09. The van der Waals surface area contributed by atoms with E-state index in [0.717, 1.165) is 24.9 Å². The number of benzene rings is 1. The van der Waals surface area contributed by atoms with Crippen LogP contribution in [0.25, 0.3) is 0 Å². The van der Waals surface area contributed by atoms with E-state index in [1.165, 1.54) is 19.3 Å². The highest BCUT2D eigenvalue weighted by atomic mass is 32.2. The van der Waals surface area contributed by atoms with E-state index < -0.39 is 0 Å². The van der Waals surface area contributed by atoms with Crippen molar-refractivity contribution in [3.8, 4) is 0 Å². The van der Waals surface area contributed by atoms with Gasteiger partial charge in [0.2, 0.25) is 5.91 Å². The predicted octanol–water partition coefficient (Wildman–Crippen LogP) is 3.14. The van der Waals surface area contributed by atoms with Gasteiger partial charge in [-0.1, -0.05) is 37.0 Å². The maximum atomic E-state index is 13.4. The molecule has 1 aliphatic heterocycles. The van der Waals surface area contributed by atoms with E-state index in [0.29, 0.717) is 23.8 Å². The van der Waals surface area contributed by atoms with E-state index in [1.807, 2.05) is 55.1 Å². The molecule has 1 heterocycles. The van der Waals surface area contributed by atoms with Crippen LogP contribution in [0.1, 0.15) is 48.0 Å². The van der Waals surface area contributed by atoms with Crippen LogP contribution < -0.4 is 5.32 Å². The Morgan fingerprint density at radius 2 is 1.82 bits per heavy atom. The van der Waals surface area contributed by atoms with Crippen LogP contribution in [0.3, 0.4) is 0 Å². The topological polar surface area (TPSA) is 52.7 Å². The van der Waals surface area contributed by atoms with Crippen molar-refractivity contribution < 1.29 is 9.59 Å². The molecule has 1 saturated heterocycles. The summed E-state index contributed by atoms with van der Waals surface area (Å²) in [5.41, 5.74) is 1.81. The quantitative estimate of drug-likeness (QED) is 0.793. The Hall–Kier alpha value is -1.53. The number of thioether (sulfide) groups is 1. The Balaban J connectivity index is 1.78. The molecule has 0 unspecified atom stereocenters. The number of carbonyl (C=O) groups is 2. The maximum Gasteiger partial charge on any atom is 0.255 e. The third-order valence-corrected chi connectivity index (χ3v) is 7.24. The van der Waals surface area contributed by atoms with Crippen molar-refractivity contribution in [3.63, 3.8) is 0 Å². The van der Waals surface area contributed by atoms with E-state index in [2.05, 4.69) is 5.32 Å². The minimum absolute atomic E-state index is 0.00617. The summed E-state index contributed by atoms with van der Waals surface area (Å²) in [5, 5.41) is 3.15. The fraction of sp³-hybridized carbons (Fsp3) is 0.636. The summed E-state index contributed by atoms with van der Waals surface area (Å²) in [6, 6.07) is 7.34. The maximum absolute atomic E-state index is 13.4. The third-order valence-electron chi connectivity index (χ3n) is 5.78. The number of nitrogens with one attached hydrogen (secondary N) is 1. The zero-order valence-electron chi connectivity index (χ0n) is 17.3. The molecule has 3 rings (SSSR count). The molecule has 0 bridgehead atoms. The highest BCUT2D eigenvalue weighted by molar-refractivity contribution is 8.00. The number of amides is 2. The fourth-order valence-electron chi connectivity index (χ4n) is 4.14. The lowest BCUT2D eigenvalue weighted by Crippen LogP contribution is -2.52. The SMILES string of the molecule is Cc1ccc(C(=O)N2[C@@H](C3CCCCC3)SC[C@H]2C(=O)NCCN(C)C)cc1. The zero-order valence-corrected chi connectivity index (χ0v) is 18.1. The van der Waals surface area contributed by atoms with Gasteiger partial charge in [-0.15, -0.1) is 11.8 Å². The van der Waals surface area contributed by atoms with Gasteiger partial charge in [0.1, 0.15) is 6.04 Å². The standard InChI is InChI=1S/C22H33N3O2S/c1-16-9-11-17(12-10-16)21(27)25-19(20(26)23-13-14-24(2)3)15-28-22(25)18-7-5-4-6-8-18/h9-12,18-19,22H,4-8,13-15H2,1-3H3,(H,23,26)/t19-,22+/m0/s1. The van der Waals surface area contributed by atoms with E-state index >= 15 is 0 Å². The van der Waals surface area contributed by atoms with Crippen molar-refractivity contribution in [1.82, 2.24) is 15.1 Å². The summed E-state index contributed by atoms with van der Waals surface area (Å²) in [6.07, 6.45) is 6.06. The highest BCUT2D eigenvalue weighted by Gasteiger charge is 2.45. The molecule has 5 nitrogen and oxygen atoms in total. The molecule has 0 radical (unpaired) electrons. The second kappa shape index (κ2) is 9.79. The Morgan fingerprint density at radius 1 is 1.14 bits per heavy atom. The molecular weight excluding hydrogens is 370 g/mol. The number of nitrogens with zero attached hydrogens (tertiary/aromatic N) is 2. The normalized spacial score (nSPS) is 23.2. The van der Waals surface area contributed by atoms with Gasteiger partial charge in [-0.05, 0) is 51.9 Å². The van der Waals surface area contributed by atoms with E-state index in [1.54, 1.807) is 11.8 Å². The highest BCUT2D eigenvalue weighted by Crippen LogP contribution is 2.41. The van der Waals surface area contributed by atoms with Crippen LogP contribution in [0.2, 0.25) is 0 Å². The van der Waals surface area contributed by atoms with E-state index in [4.69, 9.17) is 0 Å². The fourth-order valence-corrected chi connectivity index (χ4v) is 5.77. The van der Waals surface area contributed by atoms with Crippen LogP contribution in [-0.2, 0) is 4.79 Å². The first kappa shape index (κ1) is 21.2. The van der Waals surface area contributed by atoms with Crippen LogP contribution in [0.15, 0.2) is 24.3 Å². The molecule has 2 amide bonds. The van der Waals surface area contributed by atoms with Gasteiger partial charge in [-0.25, -0.2) is 0 Å². The number of likely N-dealkylation sites (N-methyl/N-ethyl adjacent to an activating group) is 1. The molecule has 1 aliphatic carbocycles. The van der Waals surface area contributed by atoms with Crippen molar-refractivity contribution in [2.75, 3.05) is 32.9 Å². The molecular formula is C22H33N3O2S. The Kier molecular flexibility index (Phi) is 7.41. The second-order valence-electron chi connectivity index (χ2n) is 8.31. The minimum atomic E-state index is -0.382. The molecule has 0 spiro atoms. The van der Waals surface area contributed by atoms with Gasteiger partial charge < -0.3 is 15.1 Å². The predicted molar refractivity (Wildman–Crippen MR) is 116 cm³/mol. The summed E-state index contributed by atoms with van der Waals surface area (Å²) in [4.78, 5) is 30.3. The van der Waals surface area contributed by atoms with Crippen LogP contribution in [0, 0.1) is 12.8 Å². The van der Waals surface area contributed by atoms with Gasteiger partial charge in [-0.3, -0.25) is 9.59 Å². The Bertz CT molecular complexity index is 671. The van der Waals surface area contributed by atoms with Crippen LogP contribution >= 0.6 is 11.8 Å². The number of hydrogen-bond acceptors (Lipinski definition) is 4. The monoisotopic (exact) mass is 403 g/mol. The molecule has 1 saturated carbocycles. The lowest BCUT2D eigenvalue weighted by molar-refractivity contribution is -0.125. The summed E-state index contributed by atoms with van der Waals surface area (Å²) in [7, 11) is 3.98. The molecule has 1 aromatic rings. The second-order valence-corrected chi connectivity index (χ2v) is 9.46. The van der Waals surface area contributed by atoms with Crippen LogP contribution in [-0.4, -0.2) is 66.0 Å². The smallest absolute Gasteiger partial charge is 0.255 e. The Morgan fingerprint density at radius 3 is 2.46 bits per heavy atom. The first-order valence-corrected chi connectivity index (χ1v) is 11.5. The van der Waals surface area contributed by atoms with Crippen molar-refractivity contribution in [2.24, 2.45) is 5.92 Å². The van der Waals surface area contributed by atoms with Crippen molar-refractivity contribution >= 4 is 23.6 Å². The average Bonchev–Trinajstić information content (AvgIpc) is 3.13. The Labute approximate surface area is 173 Å². The number of carbonyl (C=O) groups excluding carboxylic acids is 2. The van der Waals surface area contributed by atoms with Crippen molar-refractivity contribution in [3.05, 3.63) is 35.4 Å². The number of hydrogen-bond donors (Lipinski definition) is 1. The number of rotatable bonds is 6. The van der Waals surface area contributed by atoms with Gasteiger partial charge in [0.05, 0.1) is 5.37 Å². The largest absolute Gasteiger partial charge is 0.353 e. The molecule has 2 fully saturated rings. The molecule has 1 aromatic carbocycles. The molecule has 1 N–H and O–H groups in total. The van der Waals surface area contributed by atoms with Gasteiger partial charge >= 0.3 is 0 Å². The van der Waals surface area contributed by atoms with Gasteiger partial charge in [-0.2, -0.15) is 0 Å². The first-order chi connectivity index (χ1) is 13.5. The summed E-state index contributed by atoms with van der Waals surface area (Å²) in [6.45, 7) is 3.42. The zero-order chi connectivity index (χ0) is 20.1. The molecule has 154 valence electrons. The van der Waals surface area contributed by atoms with Gasteiger partial charge in [0, 0.05) is 24.4 Å². The molecule has 6 heteroatoms. The minimum Gasteiger partial charge on any atom is -0.353 e.